The Hall–Kier alpha value is -1.51. The number of hydrogen-bond donors (Lipinski definition) is 2. The van der Waals surface area contributed by atoms with Crippen LogP contribution in [0, 0.1) is 6.92 Å². The normalized spacial score (nSPS) is 18.3. The third kappa shape index (κ3) is 2.84. The van der Waals surface area contributed by atoms with Gasteiger partial charge in [0.2, 0.25) is 0 Å². The lowest BCUT2D eigenvalue weighted by Gasteiger charge is -2.36. The number of aromatic carboxylic acids is 1. The minimum atomic E-state index is -0.861. The zero-order chi connectivity index (χ0) is 13.2. The number of carboxylic acids is 1. The molecular formula is C15H21NO2. The van der Waals surface area contributed by atoms with Crippen molar-refractivity contribution in [2.45, 2.75) is 51.5 Å². The number of hydrogen-bond acceptors (Lipinski definition) is 2. The van der Waals surface area contributed by atoms with Crippen molar-refractivity contribution in [3.05, 3.63) is 29.3 Å². The Bertz CT molecular complexity index is 448. The summed E-state index contributed by atoms with van der Waals surface area (Å²) < 4.78 is 0. The van der Waals surface area contributed by atoms with E-state index in [-0.39, 0.29) is 5.54 Å². The third-order valence-electron chi connectivity index (χ3n) is 3.80. The molecule has 0 saturated heterocycles. The number of carbonyl (C=O) groups is 1. The summed E-state index contributed by atoms with van der Waals surface area (Å²) in [5.74, 6) is -0.861. The van der Waals surface area contributed by atoms with E-state index < -0.39 is 5.97 Å². The van der Waals surface area contributed by atoms with E-state index in [0.717, 1.165) is 24.1 Å². The SMILES string of the molecule is Cc1ccc(NC2(C)CCCCC2)c(C(=O)O)c1. The van der Waals surface area contributed by atoms with Crippen LogP contribution in [0.4, 0.5) is 5.69 Å². The molecule has 0 unspecified atom stereocenters. The molecule has 1 aromatic carbocycles. The Balaban J connectivity index is 2.25. The first-order chi connectivity index (χ1) is 8.50. The molecule has 3 heteroatoms. The Morgan fingerprint density at radius 1 is 1.28 bits per heavy atom. The van der Waals surface area contributed by atoms with Gasteiger partial charge in [0, 0.05) is 11.2 Å². The summed E-state index contributed by atoms with van der Waals surface area (Å²) in [6.07, 6.45) is 5.95. The van der Waals surface area contributed by atoms with Crippen molar-refractivity contribution in [3.63, 3.8) is 0 Å². The molecule has 1 aliphatic carbocycles. The summed E-state index contributed by atoms with van der Waals surface area (Å²) in [5, 5.41) is 12.7. The standard InChI is InChI=1S/C15H21NO2/c1-11-6-7-13(12(10-11)14(17)18)16-15(2)8-4-3-5-9-15/h6-7,10,16H,3-5,8-9H2,1-2H3,(H,17,18). The van der Waals surface area contributed by atoms with Gasteiger partial charge in [-0.15, -0.1) is 0 Å². The summed E-state index contributed by atoms with van der Waals surface area (Å²) in [7, 11) is 0. The molecule has 1 aliphatic rings. The van der Waals surface area contributed by atoms with E-state index in [1.54, 1.807) is 6.07 Å². The fourth-order valence-electron chi connectivity index (χ4n) is 2.73. The van der Waals surface area contributed by atoms with Crippen LogP contribution >= 0.6 is 0 Å². The second kappa shape index (κ2) is 5.01. The van der Waals surface area contributed by atoms with Crippen LogP contribution in [0.1, 0.15) is 54.9 Å². The van der Waals surface area contributed by atoms with Gasteiger partial charge in [0.15, 0.2) is 0 Å². The fraction of sp³-hybridized carbons (Fsp3) is 0.533. The molecule has 1 fully saturated rings. The molecule has 0 spiro atoms. The molecule has 98 valence electrons. The van der Waals surface area contributed by atoms with E-state index in [9.17, 15) is 9.90 Å². The largest absolute Gasteiger partial charge is 0.478 e. The highest BCUT2D eigenvalue weighted by Crippen LogP contribution is 2.32. The first-order valence-corrected chi connectivity index (χ1v) is 6.62. The van der Waals surface area contributed by atoms with Crippen LogP contribution in [0.3, 0.4) is 0 Å². The Labute approximate surface area is 108 Å². The summed E-state index contributed by atoms with van der Waals surface area (Å²) in [6.45, 7) is 4.11. The molecule has 0 amide bonds. The van der Waals surface area contributed by atoms with Gasteiger partial charge < -0.3 is 10.4 Å². The van der Waals surface area contributed by atoms with E-state index in [2.05, 4.69) is 12.2 Å². The van der Waals surface area contributed by atoms with Gasteiger partial charge in [-0.25, -0.2) is 4.79 Å². The van der Waals surface area contributed by atoms with E-state index in [0.29, 0.717) is 5.56 Å². The van der Waals surface area contributed by atoms with Gasteiger partial charge in [0.05, 0.1) is 5.56 Å². The lowest BCUT2D eigenvalue weighted by atomic mass is 9.83. The number of rotatable bonds is 3. The van der Waals surface area contributed by atoms with E-state index in [1.165, 1.54) is 19.3 Å². The van der Waals surface area contributed by atoms with Gasteiger partial charge in [-0.1, -0.05) is 30.9 Å². The summed E-state index contributed by atoms with van der Waals surface area (Å²) in [4.78, 5) is 11.3. The van der Waals surface area contributed by atoms with Crippen molar-refractivity contribution in [1.29, 1.82) is 0 Å². The Morgan fingerprint density at radius 3 is 2.56 bits per heavy atom. The highest BCUT2D eigenvalue weighted by atomic mass is 16.4. The second-order valence-electron chi connectivity index (χ2n) is 5.60. The predicted octanol–water partition coefficient (Wildman–Crippen LogP) is 3.83. The first kappa shape index (κ1) is 12.9. The van der Waals surface area contributed by atoms with Crippen LogP contribution in [0.2, 0.25) is 0 Å². The molecule has 0 aromatic heterocycles. The number of nitrogens with one attached hydrogen (secondary N) is 1. The molecular weight excluding hydrogens is 226 g/mol. The lowest BCUT2D eigenvalue weighted by Crippen LogP contribution is -2.37. The Morgan fingerprint density at radius 2 is 1.94 bits per heavy atom. The monoisotopic (exact) mass is 247 g/mol. The quantitative estimate of drug-likeness (QED) is 0.853. The fourth-order valence-corrected chi connectivity index (χ4v) is 2.73. The maximum absolute atomic E-state index is 11.3. The van der Waals surface area contributed by atoms with Gasteiger partial charge in [0.25, 0.3) is 0 Å². The number of anilines is 1. The van der Waals surface area contributed by atoms with Crippen LogP contribution in [0.15, 0.2) is 18.2 Å². The Kier molecular flexibility index (Phi) is 3.60. The zero-order valence-corrected chi connectivity index (χ0v) is 11.1. The average Bonchev–Trinajstić information content (AvgIpc) is 2.32. The summed E-state index contributed by atoms with van der Waals surface area (Å²) in [5.41, 5.74) is 2.14. The van der Waals surface area contributed by atoms with Gasteiger partial charge in [-0.3, -0.25) is 0 Å². The highest BCUT2D eigenvalue weighted by Gasteiger charge is 2.27. The van der Waals surface area contributed by atoms with Crippen molar-refractivity contribution in [2.24, 2.45) is 0 Å². The molecule has 0 radical (unpaired) electrons. The van der Waals surface area contributed by atoms with Crippen molar-refractivity contribution in [3.8, 4) is 0 Å². The molecule has 1 aromatic rings. The molecule has 0 heterocycles. The third-order valence-corrected chi connectivity index (χ3v) is 3.80. The summed E-state index contributed by atoms with van der Waals surface area (Å²) >= 11 is 0. The average molecular weight is 247 g/mol. The van der Waals surface area contributed by atoms with Gasteiger partial charge in [0.1, 0.15) is 0 Å². The van der Waals surface area contributed by atoms with E-state index in [1.807, 2.05) is 19.1 Å². The smallest absolute Gasteiger partial charge is 0.337 e. The van der Waals surface area contributed by atoms with E-state index >= 15 is 0 Å². The maximum Gasteiger partial charge on any atom is 0.337 e. The first-order valence-electron chi connectivity index (χ1n) is 6.62. The minimum Gasteiger partial charge on any atom is -0.478 e. The topological polar surface area (TPSA) is 49.3 Å². The molecule has 2 N–H and O–H groups in total. The molecule has 0 atom stereocenters. The van der Waals surface area contributed by atoms with Crippen LogP contribution in [0.25, 0.3) is 0 Å². The van der Waals surface area contributed by atoms with Gasteiger partial charge >= 0.3 is 5.97 Å². The molecule has 0 bridgehead atoms. The maximum atomic E-state index is 11.3. The molecule has 2 rings (SSSR count). The van der Waals surface area contributed by atoms with Crippen LogP contribution in [0.5, 0.6) is 0 Å². The lowest BCUT2D eigenvalue weighted by molar-refractivity contribution is 0.0697. The van der Waals surface area contributed by atoms with E-state index in [4.69, 9.17) is 0 Å². The van der Waals surface area contributed by atoms with Crippen molar-refractivity contribution < 1.29 is 9.90 Å². The molecule has 3 nitrogen and oxygen atoms in total. The number of benzene rings is 1. The predicted molar refractivity (Wildman–Crippen MR) is 73.3 cm³/mol. The van der Waals surface area contributed by atoms with Crippen molar-refractivity contribution in [1.82, 2.24) is 0 Å². The number of aryl methyl sites for hydroxylation is 1. The molecule has 1 saturated carbocycles. The molecule has 18 heavy (non-hydrogen) atoms. The highest BCUT2D eigenvalue weighted by molar-refractivity contribution is 5.94. The zero-order valence-electron chi connectivity index (χ0n) is 11.1. The van der Waals surface area contributed by atoms with Crippen molar-refractivity contribution >= 4 is 11.7 Å². The van der Waals surface area contributed by atoms with Crippen molar-refractivity contribution in [2.75, 3.05) is 5.32 Å². The minimum absolute atomic E-state index is 0.0394. The second-order valence-corrected chi connectivity index (χ2v) is 5.60. The van der Waals surface area contributed by atoms with Gasteiger partial charge in [-0.2, -0.15) is 0 Å². The number of carboxylic acid groups (broad SMARTS) is 1. The molecule has 0 aliphatic heterocycles. The van der Waals surface area contributed by atoms with Crippen LogP contribution in [-0.2, 0) is 0 Å². The van der Waals surface area contributed by atoms with Crippen LogP contribution in [-0.4, -0.2) is 16.6 Å². The summed E-state index contributed by atoms with van der Waals surface area (Å²) in [6, 6.07) is 5.58. The van der Waals surface area contributed by atoms with Gasteiger partial charge in [-0.05, 0) is 38.8 Å². The van der Waals surface area contributed by atoms with Crippen LogP contribution < -0.4 is 5.32 Å².